The third-order valence-electron chi connectivity index (χ3n) is 9.97. The largest absolute Gasteiger partial charge is 0.437 e. The fraction of sp³-hybridized carbons (Fsp3) is 0.136. The van der Waals surface area contributed by atoms with Gasteiger partial charge in [0.15, 0.2) is 0 Å². The maximum atomic E-state index is 6.65. The van der Waals surface area contributed by atoms with Gasteiger partial charge in [-0.25, -0.2) is 4.98 Å². The molecule has 8 aromatic rings. The Morgan fingerprint density at radius 2 is 1.12 bits per heavy atom. The first kappa shape index (κ1) is 30.4. The molecule has 49 heavy (non-hydrogen) atoms. The van der Waals surface area contributed by atoms with E-state index in [9.17, 15) is 0 Å². The Bertz CT molecular complexity index is 2340. The minimum absolute atomic E-state index is 0.577. The first-order chi connectivity index (χ1) is 23.9. The summed E-state index contributed by atoms with van der Waals surface area (Å²) in [4.78, 5) is 20.1. The van der Waals surface area contributed by atoms with Crippen LogP contribution in [0.3, 0.4) is 0 Å². The van der Waals surface area contributed by atoms with E-state index in [0.29, 0.717) is 5.71 Å². The van der Waals surface area contributed by atoms with Crippen molar-refractivity contribution in [2.45, 2.75) is 38.5 Å². The van der Waals surface area contributed by atoms with E-state index in [1.165, 1.54) is 0 Å². The standard InChI is InChI=1S/C44H36N4O/c1-29-25-37(48-40(26-29)44(4,32-17-9-6-10-18-32)39-20-12-14-24-46-39)36-28-33(27-35-34-22-21-30(2)47-42(34)49-41(35)36)43(3,31-15-7-5-8-16-31)38-19-11-13-23-45-38/h5-28H,1-4H3. The van der Waals surface area contributed by atoms with Crippen molar-refractivity contribution in [3.05, 3.63) is 191 Å². The van der Waals surface area contributed by atoms with E-state index < -0.39 is 10.8 Å². The summed E-state index contributed by atoms with van der Waals surface area (Å²) in [7, 11) is 0. The van der Waals surface area contributed by atoms with Gasteiger partial charge in [-0.3, -0.25) is 15.0 Å². The lowest BCUT2D eigenvalue weighted by Gasteiger charge is -2.31. The van der Waals surface area contributed by atoms with Crippen molar-refractivity contribution in [2.24, 2.45) is 0 Å². The Labute approximate surface area is 286 Å². The lowest BCUT2D eigenvalue weighted by molar-refractivity contribution is 0.639. The summed E-state index contributed by atoms with van der Waals surface area (Å²) in [5.74, 6) is 0. The van der Waals surface area contributed by atoms with Crippen LogP contribution >= 0.6 is 0 Å². The highest BCUT2D eigenvalue weighted by Gasteiger charge is 2.36. The average molecular weight is 637 g/mol. The average Bonchev–Trinajstić information content (AvgIpc) is 3.52. The van der Waals surface area contributed by atoms with Gasteiger partial charge in [0.25, 0.3) is 0 Å². The van der Waals surface area contributed by atoms with Crippen molar-refractivity contribution >= 4 is 22.1 Å². The molecular weight excluding hydrogens is 601 g/mol. The van der Waals surface area contributed by atoms with E-state index in [1.807, 2.05) is 49.6 Å². The number of rotatable bonds is 7. The topological polar surface area (TPSA) is 64.7 Å². The molecule has 0 N–H and O–H groups in total. The summed E-state index contributed by atoms with van der Waals surface area (Å²) in [5, 5.41) is 1.96. The summed E-state index contributed by atoms with van der Waals surface area (Å²) < 4.78 is 6.65. The molecule has 8 rings (SSSR count). The molecule has 238 valence electrons. The van der Waals surface area contributed by atoms with Crippen LogP contribution in [0.2, 0.25) is 0 Å². The first-order valence-corrected chi connectivity index (χ1v) is 16.6. The van der Waals surface area contributed by atoms with Crippen molar-refractivity contribution in [1.82, 2.24) is 19.9 Å². The Kier molecular flexibility index (Phi) is 7.41. The number of furan rings is 1. The molecule has 0 saturated carbocycles. The van der Waals surface area contributed by atoms with Gasteiger partial charge in [0.1, 0.15) is 5.58 Å². The van der Waals surface area contributed by atoms with Gasteiger partial charge in [-0.1, -0.05) is 72.8 Å². The maximum absolute atomic E-state index is 6.65. The molecule has 0 bridgehead atoms. The van der Waals surface area contributed by atoms with Gasteiger partial charge in [-0.15, -0.1) is 0 Å². The lowest BCUT2D eigenvalue weighted by atomic mass is 9.72. The summed E-state index contributed by atoms with van der Waals surface area (Å²) in [6, 6.07) is 46.3. The van der Waals surface area contributed by atoms with Gasteiger partial charge in [0, 0.05) is 34.4 Å². The quantitative estimate of drug-likeness (QED) is 0.174. The van der Waals surface area contributed by atoms with Crippen LogP contribution in [-0.2, 0) is 10.8 Å². The fourth-order valence-electron chi connectivity index (χ4n) is 7.14. The minimum atomic E-state index is -0.612. The van der Waals surface area contributed by atoms with Crippen LogP contribution in [0.1, 0.15) is 58.9 Å². The van der Waals surface area contributed by atoms with Gasteiger partial charge < -0.3 is 4.42 Å². The highest BCUT2D eigenvalue weighted by Crippen LogP contribution is 2.45. The van der Waals surface area contributed by atoms with Gasteiger partial charge in [0.2, 0.25) is 5.71 Å². The zero-order chi connectivity index (χ0) is 33.6. The molecule has 0 radical (unpaired) electrons. The van der Waals surface area contributed by atoms with Crippen LogP contribution in [0.15, 0.2) is 150 Å². The van der Waals surface area contributed by atoms with Crippen LogP contribution < -0.4 is 0 Å². The molecule has 0 saturated heterocycles. The maximum Gasteiger partial charge on any atom is 0.227 e. The molecule has 5 heteroatoms. The molecule has 2 unspecified atom stereocenters. The molecule has 0 aliphatic rings. The molecule has 3 aromatic carbocycles. The zero-order valence-corrected chi connectivity index (χ0v) is 28.1. The number of fused-ring (bicyclic) bond motifs is 3. The van der Waals surface area contributed by atoms with Crippen molar-refractivity contribution in [1.29, 1.82) is 0 Å². The van der Waals surface area contributed by atoms with E-state index >= 15 is 0 Å². The molecule has 2 atom stereocenters. The number of hydrogen-bond acceptors (Lipinski definition) is 5. The van der Waals surface area contributed by atoms with E-state index in [0.717, 1.165) is 72.6 Å². The summed E-state index contributed by atoms with van der Waals surface area (Å²) >= 11 is 0. The molecule has 0 aliphatic carbocycles. The smallest absolute Gasteiger partial charge is 0.227 e. The predicted octanol–water partition coefficient (Wildman–Crippen LogP) is 10.2. The molecule has 5 heterocycles. The van der Waals surface area contributed by atoms with E-state index in [4.69, 9.17) is 24.4 Å². The Morgan fingerprint density at radius 1 is 0.510 bits per heavy atom. The van der Waals surface area contributed by atoms with Crippen molar-refractivity contribution in [3.63, 3.8) is 0 Å². The Hall–Kier alpha value is -5.94. The highest BCUT2D eigenvalue weighted by atomic mass is 16.3. The number of aromatic nitrogens is 4. The second kappa shape index (κ2) is 11.9. The minimum Gasteiger partial charge on any atom is -0.437 e. The van der Waals surface area contributed by atoms with Gasteiger partial charge in [-0.2, -0.15) is 0 Å². The first-order valence-electron chi connectivity index (χ1n) is 16.6. The normalized spacial score (nSPS) is 14.0. The number of nitrogens with zero attached hydrogens (tertiary/aromatic N) is 4. The second-order valence-corrected chi connectivity index (χ2v) is 13.1. The molecule has 5 aromatic heterocycles. The van der Waals surface area contributed by atoms with Gasteiger partial charge in [-0.05, 0) is 111 Å². The van der Waals surface area contributed by atoms with E-state index in [2.05, 4.69) is 124 Å². The third-order valence-corrected chi connectivity index (χ3v) is 9.97. The van der Waals surface area contributed by atoms with Crippen LogP contribution in [0.25, 0.3) is 33.3 Å². The number of hydrogen-bond donors (Lipinski definition) is 0. The Balaban J connectivity index is 1.44. The van der Waals surface area contributed by atoms with Crippen LogP contribution in [0.5, 0.6) is 0 Å². The second-order valence-electron chi connectivity index (χ2n) is 13.1. The lowest BCUT2D eigenvalue weighted by Crippen LogP contribution is -2.28. The molecule has 0 amide bonds. The van der Waals surface area contributed by atoms with E-state index in [-0.39, 0.29) is 0 Å². The molecule has 0 aliphatic heterocycles. The third kappa shape index (κ3) is 5.10. The monoisotopic (exact) mass is 636 g/mol. The van der Waals surface area contributed by atoms with E-state index in [1.54, 1.807) is 0 Å². The fourth-order valence-corrected chi connectivity index (χ4v) is 7.14. The van der Waals surface area contributed by atoms with Crippen LogP contribution in [0, 0.1) is 13.8 Å². The van der Waals surface area contributed by atoms with Crippen molar-refractivity contribution in [3.8, 4) is 11.3 Å². The van der Waals surface area contributed by atoms with Crippen molar-refractivity contribution in [2.75, 3.05) is 0 Å². The summed E-state index contributed by atoms with van der Waals surface area (Å²) in [6.07, 6.45) is 3.72. The number of pyridine rings is 4. The summed E-state index contributed by atoms with van der Waals surface area (Å²) in [6.45, 7) is 8.58. The zero-order valence-electron chi connectivity index (χ0n) is 28.1. The number of benzene rings is 3. The van der Waals surface area contributed by atoms with Crippen LogP contribution in [-0.4, -0.2) is 19.9 Å². The van der Waals surface area contributed by atoms with Crippen LogP contribution in [0.4, 0.5) is 0 Å². The Morgan fingerprint density at radius 3 is 1.76 bits per heavy atom. The molecule has 0 spiro atoms. The highest BCUT2D eigenvalue weighted by molar-refractivity contribution is 6.09. The molecular formula is C44H36N4O. The SMILES string of the molecule is Cc1cc(-c2cc(C(C)(c3ccccc3)c3ccccn3)cc3c2oc2nc(C)ccc23)nc(C(C)(c2ccccc2)c2ccccn2)c1. The van der Waals surface area contributed by atoms with Crippen molar-refractivity contribution < 1.29 is 4.42 Å². The summed E-state index contributed by atoms with van der Waals surface area (Å²) in [5.41, 5.74) is 10.1. The molecule has 0 fully saturated rings. The number of aryl methyl sites for hydroxylation is 2. The van der Waals surface area contributed by atoms with Gasteiger partial charge >= 0.3 is 0 Å². The van der Waals surface area contributed by atoms with Gasteiger partial charge in [0.05, 0.1) is 33.6 Å². The predicted molar refractivity (Wildman–Crippen MR) is 197 cm³/mol. The molecule has 5 nitrogen and oxygen atoms in total.